The number of thiazole rings is 1. The van der Waals surface area contributed by atoms with E-state index in [4.69, 9.17) is 10.1 Å². The van der Waals surface area contributed by atoms with Crippen LogP contribution < -0.4 is 0 Å². The van der Waals surface area contributed by atoms with Crippen LogP contribution >= 0.6 is 11.3 Å². The number of aryl methyl sites for hydroxylation is 5. The Kier molecular flexibility index (Phi) is 5.47. The first-order valence-electron chi connectivity index (χ1n) is 11.2. The van der Waals surface area contributed by atoms with Gasteiger partial charge in [-0.05, 0) is 75.1 Å². The fourth-order valence-corrected chi connectivity index (χ4v) is 4.91. The Morgan fingerprint density at radius 2 is 1.27 bits per heavy atom. The largest absolute Gasteiger partial charge is 0.218 e. The van der Waals surface area contributed by atoms with Gasteiger partial charge < -0.3 is 0 Å². The molecule has 0 unspecified atom stereocenters. The molecule has 33 heavy (non-hydrogen) atoms. The van der Waals surface area contributed by atoms with Crippen molar-refractivity contribution in [1.82, 2.24) is 14.8 Å². The van der Waals surface area contributed by atoms with Crippen LogP contribution in [-0.4, -0.2) is 14.8 Å². The van der Waals surface area contributed by atoms with E-state index < -0.39 is 0 Å². The highest BCUT2D eigenvalue weighted by Crippen LogP contribution is 2.34. The SMILES string of the molecule is Cc1ccc(-c2cc(-c3ccc(C)c(C)c3)n(-c3nc(-c4ccccc4)c(C)s3)n2)cc1C. The molecule has 5 aromatic rings. The van der Waals surface area contributed by atoms with Gasteiger partial charge in [-0.2, -0.15) is 5.10 Å². The van der Waals surface area contributed by atoms with Crippen LogP contribution in [0.25, 0.3) is 38.9 Å². The van der Waals surface area contributed by atoms with Gasteiger partial charge in [0.15, 0.2) is 0 Å². The minimum absolute atomic E-state index is 0.884. The molecule has 0 fully saturated rings. The highest BCUT2D eigenvalue weighted by molar-refractivity contribution is 7.14. The van der Waals surface area contributed by atoms with Crippen LogP contribution in [-0.2, 0) is 0 Å². The quantitative estimate of drug-likeness (QED) is 0.279. The molecule has 3 nitrogen and oxygen atoms in total. The number of aromatic nitrogens is 3. The third-order valence-corrected chi connectivity index (χ3v) is 7.27. The van der Waals surface area contributed by atoms with Gasteiger partial charge in [-0.15, -0.1) is 0 Å². The van der Waals surface area contributed by atoms with Gasteiger partial charge in [0.05, 0.1) is 17.1 Å². The van der Waals surface area contributed by atoms with Crippen LogP contribution in [0.15, 0.2) is 72.8 Å². The number of hydrogen-bond donors (Lipinski definition) is 0. The van der Waals surface area contributed by atoms with Crippen molar-refractivity contribution in [3.63, 3.8) is 0 Å². The molecule has 164 valence electrons. The number of nitrogens with zero attached hydrogens (tertiary/aromatic N) is 3. The van der Waals surface area contributed by atoms with E-state index in [9.17, 15) is 0 Å². The molecule has 0 saturated heterocycles. The molecule has 2 heterocycles. The number of hydrogen-bond acceptors (Lipinski definition) is 3. The molecule has 2 aromatic heterocycles. The molecule has 0 aliphatic heterocycles. The summed E-state index contributed by atoms with van der Waals surface area (Å²) in [5, 5.41) is 5.95. The zero-order valence-corrected chi connectivity index (χ0v) is 20.5. The summed E-state index contributed by atoms with van der Waals surface area (Å²) in [5.41, 5.74) is 11.6. The molecule has 5 rings (SSSR count). The van der Waals surface area contributed by atoms with Crippen molar-refractivity contribution >= 4 is 11.3 Å². The predicted molar refractivity (Wildman–Crippen MR) is 139 cm³/mol. The number of benzene rings is 3. The van der Waals surface area contributed by atoms with Crippen LogP contribution in [0.3, 0.4) is 0 Å². The zero-order chi connectivity index (χ0) is 23.1. The Bertz CT molecular complexity index is 1460. The Balaban J connectivity index is 1.69. The van der Waals surface area contributed by atoms with Gasteiger partial charge in [0.25, 0.3) is 0 Å². The lowest BCUT2D eigenvalue weighted by Crippen LogP contribution is -1.99. The molecule has 0 saturated carbocycles. The van der Waals surface area contributed by atoms with E-state index in [2.05, 4.69) is 101 Å². The van der Waals surface area contributed by atoms with Gasteiger partial charge in [-0.1, -0.05) is 65.9 Å². The summed E-state index contributed by atoms with van der Waals surface area (Å²) in [7, 11) is 0. The third kappa shape index (κ3) is 4.03. The lowest BCUT2D eigenvalue weighted by molar-refractivity contribution is 0.881. The minimum atomic E-state index is 0.884. The van der Waals surface area contributed by atoms with E-state index in [0.29, 0.717) is 0 Å². The summed E-state index contributed by atoms with van der Waals surface area (Å²) in [6, 6.07) is 25.7. The van der Waals surface area contributed by atoms with E-state index in [1.165, 1.54) is 27.1 Å². The molecule has 0 amide bonds. The fourth-order valence-electron chi connectivity index (χ4n) is 4.01. The van der Waals surface area contributed by atoms with E-state index in [1.54, 1.807) is 11.3 Å². The zero-order valence-electron chi connectivity index (χ0n) is 19.7. The van der Waals surface area contributed by atoms with Crippen molar-refractivity contribution in [3.8, 4) is 38.9 Å². The van der Waals surface area contributed by atoms with Gasteiger partial charge in [0, 0.05) is 21.6 Å². The average Bonchev–Trinajstić information content (AvgIpc) is 3.42. The second-order valence-corrected chi connectivity index (χ2v) is 9.87. The van der Waals surface area contributed by atoms with Crippen molar-refractivity contribution in [2.75, 3.05) is 0 Å². The van der Waals surface area contributed by atoms with Crippen LogP contribution in [0.5, 0.6) is 0 Å². The van der Waals surface area contributed by atoms with Gasteiger partial charge >= 0.3 is 0 Å². The Morgan fingerprint density at radius 3 is 1.94 bits per heavy atom. The monoisotopic (exact) mass is 449 g/mol. The van der Waals surface area contributed by atoms with Crippen LogP contribution in [0.1, 0.15) is 27.1 Å². The van der Waals surface area contributed by atoms with E-state index in [0.717, 1.165) is 38.9 Å². The van der Waals surface area contributed by atoms with Gasteiger partial charge in [0.1, 0.15) is 0 Å². The lowest BCUT2D eigenvalue weighted by Gasteiger charge is -2.07. The average molecular weight is 450 g/mol. The molecule has 0 N–H and O–H groups in total. The first-order valence-corrected chi connectivity index (χ1v) is 12.0. The summed E-state index contributed by atoms with van der Waals surface area (Å²) in [5.74, 6) is 0. The topological polar surface area (TPSA) is 30.7 Å². The summed E-state index contributed by atoms with van der Waals surface area (Å²) in [4.78, 5) is 6.22. The molecule has 0 aliphatic rings. The lowest BCUT2D eigenvalue weighted by atomic mass is 10.0. The van der Waals surface area contributed by atoms with Crippen LogP contribution in [0, 0.1) is 34.6 Å². The molecule has 0 aliphatic carbocycles. The minimum Gasteiger partial charge on any atom is -0.218 e. The van der Waals surface area contributed by atoms with Crippen molar-refractivity contribution in [2.45, 2.75) is 34.6 Å². The number of rotatable bonds is 4. The molecule has 0 spiro atoms. The summed E-state index contributed by atoms with van der Waals surface area (Å²) in [6.45, 7) is 10.7. The smallest absolute Gasteiger partial charge is 0.211 e. The summed E-state index contributed by atoms with van der Waals surface area (Å²) < 4.78 is 2.01. The standard InChI is InChI=1S/C29H27N3S/c1-18-11-13-24(15-20(18)3)26-17-27(25-14-12-19(2)21(4)16-25)32(31-26)29-30-28(22(5)33-29)23-9-7-6-8-10-23/h6-17H,1-5H3. The van der Waals surface area contributed by atoms with E-state index in [1.807, 2.05) is 10.7 Å². The molecule has 0 radical (unpaired) electrons. The van der Waals surface area contributed by atoms with Crippen molar-refractivity contribution in [3.05, 3.63) is 99.9 Å². The second kappa shape index (κ2) is 8.45. The second-order valence-electron chi connectivity index (χ2n) is 8.69. The highest BCUT2D eigenvalue weighted by atomic mass is 32.1. The maximum Gasteiger partial charge on any atom is 0.211 e. The third-order valence-electron chi connectivity index (χ3n) is 6.33. The molecule has 3 aromatic carbocycles. The van der Waals surface area contributed by atoms with E-state index in [-0.39, 0.29) is 0 Å². The first-order chi connectivity index (χ1) is 15.9. The molecule has 4 heteroatoms. The fraction of sp³-hybridized carbons (Fsp3) is 0.172. The molecule has 0 atom stereocenters. The van der Waals surface area contributed by atoms with Gasteiger partial charge in [0.2, 0.25) is 5.13 Å². The highest BCUT2D eigenvalue weighted by Gasteiger charge is 2.18. The molecular weight excluding hydrogens is 422 g/mol. The molecule has 0 bridgehead atoms. The first kappa shape index (κ1) is 21.4. The van der Waals surface area contributed by atoms with Crippen LogP contribution in [0.2, 0.25) is 0 Å². The van der Waals surface area contributed by atoms with Crippen molar-refractivity contribution < 1.29 is 0 Å². The molecular formula is C29H27N3S. The van der Waals surface area contributed by atoms with Crippen molar-refractivity contribution in [1.29, 1.82) is 0 Å². The Labute approximate surface area is 199 Å². The summed E-state index contributed by atoms with van der Waals surface area (Å²) in [6.07, 6.45) is 0. The maximum atomic E-state index is 5.06. The Hall–Kier alpha value is -3.50. The summed E-state index contributed by atoms with van der Waals surface area (Å²) >= 11 is 1.68. The van der Waals surface area contributed by atoms with Gasteiger partial charge in [-0.25, -0.2) is 9.67 Å². The van der Waals surface area contributed by atoms with Crippen molar-refractivity contribution in [2.24, 2.45) is 0 Å². The maximum absolute atomic E-state index is 5.06. The van der Waals surface area contributed by atoms with Crippen LogP contribution in [0.4, 0.5) is 0 Å². The van der Waals surface area contributed by atoms with E-state index >= 15 is 0 Å². The van der Waals surface area contributed by atoms with Gasteiger partial charge in [-0.3, -0.25) is 0 Å². The normalized spacial score (nSPS) is 11.2. The predicted octanol–water partition coefficient (Wildman–Crippen LogP) is 7.87. The Morgan fingerprint density at radius 1 is 0.636 bits per heavy atom.